The Morgan fingerprint density at radius 3 is 2.22 bits per heavy atom. The second kappa shape index (κ2) is 7.55. The van der Waals surface area contributed by atoms with E-state index in [0.717, 1.165) is 50.0 Å². The lowest BCUT2D eigenvalue weighted by Gasteiger charge is -2.33. The molecule has 27 heavy (non-hydrogen) atoms. The Kier molecular flexibility index (Phi) is 4.97. The fourth-order valence-corrected chi connectivity index (χ4v) is 4.02. The molecule has 0 radical (unpaired) electrons. The molecule has 0 spiro atoms. The van der Waals surface area contributed by atoms with E-state index in [9.17, 15) is 9.59 Å². The van der Waals surface area contributed by atoms with Gasteiger partial charge in [0, 0.05) is 43.9 Å². The first-order valence-corrected chi connectivity index (χ1v) is 9.81. The predicted octanol–water partition coefficient (Wildman–Crippen LogP) is 2.66. The van der Waals surface area contributed by atoms with Gasteiger partial charge in [0.15, 0.2) is 0 Å². The summed E-state index contributed by atoms with van der Waals surface area (Å²) in [4.78, 5) is 29.2. The van der Waals surface area contributed by atoms with E-state index in [1.807, 2.05) is 53.4 Å². The van der Waals surface area contributed by atoms with E-state index in [1.54, 1.807) is 4.68 Å². The number of hydrogen-bond acceptors (Lipinski definition) is 3. The largest absolute Gasteiger partial charge is 0.342 e. The number of likely N-dealkylation sites (tertiary alicyclic amines) is 2. The van der Waals surface area contributed by atoms with Crippen molar-refractivity contribution < 1.29 is 9.59 Å². The van der Waals surface area contributed by atoms with Crippen LogP contribution in [-0.4, -0.2) is 57.6 Å². The van der Waals surface area contributed by atoms with E-state index in [4.69, 9.17) is 0 Å². The Bertz CT molecular complexity index is 813. The van der Waals surface area contributed by atoms with E-state index < -0.39 is 0 Å². The molecule has 2 saturated heterocycles. The first kappa shape index (κ1) is 17.8. The molecule has 142 valence electrons. The number of aromatic nitrogens is 2. The maximum Gasteiger partial charge on any atom is 0.253 e. The lowest BCUT2D eigenvalue weighted by atomic mass is 9.95. The van der Waals surface area contributed by atoms with Crippen LogP contribution in [-0.2, 0) is 4.79 Å². The number of carbonyl (C=O) groups is 2. The standard InChI is InChI=1S/C21H26N4O2/c1-16-14-22-25(15-16)19-6-4-17(5-7-19)20(26)24-12-8-18(9-13-24)21(27)23-10-2-3-11-23/h4-7,14-15,18H,2-3,8-13H2,1H3. The summed E-state index contributed by atoms with van der Waals surface area (Å²) in [5.41, 5.74) is 2.73. The van der Waals surface area contributed by atoms with Gasteiger partial charge < -0.3 is 9.80 Å². The van der Waals surface area contributed by atoms with Crippen LogP contribution < -0.4 is 0 Å². The van der Waals surface area contributed by atoms with Crippen molar-refractivity contribution in [2.75, 3.05) is 26.2 Å². The molecule has 0 bridgehead atoms. The van der Waals surface area contributed by atoms with Gasteiger partial charge in [0.2, 0.25) is 5.91 Å². The van der Waals surface area contributed by atoms with E-state index >= 15 is 0 Å². The summed E-state index contributed by atoms with van der Waals surface area (Å²) in [6.45, 7) is 5.12. The van der Waals surface area contributed by atoms with Gasteiger partial charge in [-0.05, 0) is 62.4 Å². The van der Waals surface area contributed by atoms with Gasteiger partial charge in [-0.3, -0.25) is 9.59 Å². The second-order valence-electron chi connectivity index (χ2n) is 7.61. The lowest BCUT2D eigenvalue weighted by molar-refractivity contribution is -0.135. The van der Waals surface area contributed by atoms with Gasteiger partial charge in [0.05, 0.1) is 11.9 Å². The number of benzene rings is 1. The summed E-state index contributed by atoms with van der Waals surface area (Å²) in [7, 11) is 0. The molecule has 2 aliphatic heterocycles. The van der Waals surface area contributed by atoms with Gasteiger partial charge in [0.1, 0.15) is 0 Å². The van der Waals surface area contributed by atoms with Crippen LogP contribution in [0.1, 0.15) is 41.6 Å². The normalized spacial score (nSPS) is 18.1. The van der Waals surface area contributed by atoms with Gasteiger partial charge in [-0.15, -0.1) is 0 Å². The average Bonchev–Trinajstić information content (AvgIpc) is 3.39. The number of rotatable bonds is 3. The zero-order valence-electron chi connectivity index (χ0n) is 15.8. The first-order valence-electron chi connectivity index (χ1n) is 9.81. The van der Waals surface area contributed by atoms with Crippen LogP contribution in [0, 0.1) is 12.8 Å². The van der Waals surface area contributed by atoms with E-state index in [0.29, 0.717) is 24.6 Å². The summed E-state index contributed by atoms with van der Waals surface area (Å²) in [5, 5.41) is 4.29. The molecule has 1 aromatic carbocycles. The quantitative estimate of drug-likeness (QED) is 0.839. The highest BCUT2D eigenvalue weighted by atomic mass is 16.2. The van der Waals surface area contributed by atoms with E-state index in [1.165, 1.54) is 0 Å². The fourth-order valence-electron chi connectivity index (χ4n) is 4.02. The summed E-state index contributed by atoms with van der Waals surface area (Å²) in [5.74, 6) is 0.418. The highest BCUT2D eigenvalue weighted by Crippen LogP contribution is 2.23. The molecule has 3 heterocycles. The van der Waals surface area contributed by atoms with Crippen molar-refractivity contribution in [1.29, 1.82) is 0 Å². The van der Waals surface area contributed by atoms with Gasteiger partial charge in [-0.25, -0.2) is 4.68 Å². The van der Waals surface area contributed by atoms with Crippen molar-refractivity contribution in [3.05, 3.63) is 47.8 Å². The van der Waals surface area contributed by atoms with Gasteiger partial charge in [-0.2, -0.15) is 5.10 Å². The molecule has 2 aliphatic rings. The molecule has 4 rings (SSSR count). The molecule has 2 amide bonds. The van der Waals surface area contributed by atoms with Crippen molar-refractivity contribution in [3.8, 4) is 5.69 Å². The summed E-state index contributed by atoms with van der Waals surface area (Å²) < 4.78 is 1.80. The molecule has 6 nitrogen and oxygen atoms in total. The second-order valence-corrected chi connectivity index (χ2v) is 7.61. The topological polar surface area (TPSA) is 58.4 Å². The fraction of sp³-hybridized carbons (Fsp3) is 0.476. The Morgan fingerprint density at radius 1 is 0.963 bits per heavy atom. The van der Waals surface area contributed by atoms with Crippen molar-refractivity contribution >= 4 is 11.8 Å². The SMILES string of the molecule is Cc1cnn(-c2ccc(C(=O)N3CCC(C(=O)N4CCCC4)CC3)cc2)c1. The Morgan fingerprint density at radius 2 is 1.63 bits per heavy atom. The number of aryl methyl sites for hydroxylation is 1. The van der Waals surface area contributed by atoms with Gasteiger partial charge >= 0.3 is 0 Å². The van der Waals surface area contributed by atoms with Crippen LogP contribution in [0.4, 0.5) is 0 Å². The van der Waals surface area contributed by atoms with Crippen LogP contribution in [0.25, 0.3) is 5.69 Å². The third-order valence-electron chi connectivity index (χ3n) is 5.64. The minimum Gasteiger partial charge on any atom is -0.342 e. The van der Waals surface area contributed by atoms with Crippen molar-refractivity contribution in [1.82, 2.24) is 19.6 Å². The maximum absolute atomic E-state index is 12.8. The summed E-state index contributed by atoms with van der Waals surface area (Å²) in [6, 6.07) is 7.55. The third kappa shape index (κ3) is 3.75. The smallest absolute Gasteiger partial charge is 0.253 e. The maximum atomic E-state index is 12.8. The van der Waals surface area contributed by atoms with Crippen LogP contribution >= 0.6 is 0 Å². The van der Waals surface area contributed by atoms with Crippen LogP contribution in [0.15, 0.2) is 36.7 Å². The van der Waals surface area contributed by atoms with Crippen LogP contribution in [0.3, 0.4) is 0 Å². The minimum absolute atomic E-state index is 0.0465. The monoisotopic (exact) mass is 366 g/mol. The number of amides is 2. The Balaban J connectivity index is 1.35. The Hall–Kier alpha value is -2.63. The van der Waals surface area contributed by atoms with Crippen molar-refractivity contribution in [2.45, 2.75) is 32.6 Å². The zero-order chi connectivity index (χ0) is 18.8. The molecule has 1 aromatic heterocycles. The summed E-state index contributed by atoms with van der Waals surface area (Å²) in [6.07, 6.45) is 7.55. The van der Waals surface area contributed by atoms with Gasteiger partial charge in [0.25, 0.3) is 5.91 Å². The minimum atomic E-state index is 0.0465. The Labute approximate surface area is 159 Å². The highest BCUT2D eigenvalue weighted by molar-refractivity contribution is 5.94. The molecular weight excluding hydrogens is 340 g/mol. The first-order chi connectivity index (χ1) is 13.1. The third-order valence-corrected chi connectivity index (χ3v) is 5.64. The molecule has 0 atom stereocenters. The number of nitrogens with zero attached hydrogens (tertiary/aromatic N) is 4. The van der Waals surface area contributed by atoms with Crippen LogP contribution in [0.5, 0.6) is 0 Å². The zero-order valence-corrected chi connectivity index (χ0v) is 15.8. The average molecular weight is 366 g/mol. The number of hydrogen-bond donors (Lipinski definition) is 0. The number of piperidine rings is 1. The molecule has 2 aromatic rings. The molecule has 6 heteroatoms. The van der Waals surface area contributed by atoms with Crippen molar-refractivity contribution in [3.63, 3.8) is 0 Å². The summed E-state index contributed by atoms with van der Waals surface area (Å²) >= 11 is 0. The highest BCUT2D eigenvalue weighted by Gasteiger charge is 2.31. The molecule has 0 saturated carbocycles. The number of carbonyl (C=O) groups excluding carboxylic acids is 2. The predicted molar refractivity (Wildman–Crippen MR) is 103 cm³/mol. The lowest BCUT2D eigenvalue weighted by Crippen LogP contribution is -2.43. The molecule has 2 fully saturated rings. The van der Waals surface area contributed by atoms with E-state index in [2.05, 4.69) is 5.10 Å². The molecule has 0 unspecified atom stereocenters. The van der Waals surface area contributed by atoms with E-state index in [-0.39, 0.29) is 11.8 Å². The van der Waals surface area contributed by atoms with Gasteiger partial charge in [-0.1, -0.05) is 0 Å². The molecule has 0 N–H and O–H groups in total. The van der Waals surface area contributed by atoms with Crippen molar-refractivity contribution in [2.24, 2.45) is 5.92 Å². The molecule has 0 aliphatic carbocycles. The molecular formula is C21H26N4O2. The van der Waals surface area contributed by atoms with Crippen LogP contribution in [0.2, 0.25) is 0 Å².